The molecule has 0 spiro atoms. The van der Waals surface area contributed by atoms with Crippen molar-refractivity contribution in [2.75, 3.05) is 6.54 Å². The van der Waals surface area contributed by atoms with Crippen molar-refractivity contribution in [3.8, 4) is 0 Å². The molecule has 3 rings (SSSR count). The van der Waals surface area contributed by atoms with Gasteiger partial charge < -0.3 is 20.9 Å². The number of hydrogen-bond donors (Lipinski definition) is 4. The van der Waals surface area contributed by atoms with E-state index in [1.165, 1.54) is 6.07 Å². The van der Waals surface area contributed by atoms with E-state index >= 15 is 0 Å². The third-order valence-corrected chi connectivity index (χ3v) is 5.63. The standard InChI is InChI=1S/C13H15F3O.C12H16N2O2/c14-13(15,16)12-7-9(8-17)5-6-11(12)10-3-1-2-4-10;1-9(13)11-4-2-10(3-5-11)8-14-7-6-12(15)16/h5-7,10,17H,1-4,8H2;2-5,13-14H,6-8H2,1H3,(H,15,16). The Morgan fingerprint density at radius 1 is 1.09 bits per heavy atom. The second kappa shape index (κ2) is 12.5. The second-order valence-electron chi connectivity index (χ2n) is 8.20. The minimum absolute atomic E-state index is 0.0272. The summed E-state index contributed by atoms with van der Waals surface area (Å²) in [6.45, 7) is 2.53. The smallest absolute Gasteiger partial charge is 0.416 e. The third-order valence-electron chi connectivity index (χ3n) is 5.63. The van der Waals surface area contributed by atoms with E-state index in [0.29, 0.717) is 29.9 Å². The van der Waals surface area contributed by atoms with Crippen LogP contribution in [0, 0.1) is 5.41 Å². The molecule has 5 nitrogen and oxygen atoms in total. The average Bonchev–Trinajstić information content (AvgIpc) is 3.31. The van der Waals surface area contributed by atoms with Crippen LogP contribution in [-0.2, 0) is 24.1 Å². The third kappa shape index (κ3) is 8.63. The number of carbonyl (C=O) groups is 1. The minimum Gasteiger partial charge on any atom is -0.481 e. The van der Waals surface area contributed by atoms with Gasteiger partial charge in [0.1, 0.15) is 0 Å². The van der Waals surface area contributed by atoms with Crippen molar-refractivity contribution in [3.05, 3.63) is 70.3 Å². The molecule has 0 aromatic heterocycles. The van der Waals surface area contributed by atoms with E-state index in [1.54, 1.807) is 13.0 Å². The SMILES string of the molecule is CC(=N)c1ccc(CNCCC(=O)O)cc1.OCc1ccc(C2CCCC2)c(C(F)(F)F)c1. The fourth-order valence-electron chi connectivity index (χ4n) is 3.84. The van der Waals surface area contributed by atoms with Gasteiger partial charge in [-0.15, -0.1) is 0 Å². The van der Waals surface area contributed by atoms with Crippen LogP contribution in [0.25, 0.3) is 0 Å². The molecule has 1 fully saturated rings. The second-order valence-corrected chi connectivity index (χ2v) is 8.20. The van der Waals surface area contributed by atoms with Crippen molar-refractivity contribution >= 4 is 11.7 Å². The average molecular weight is 465 g/mol. The fourth-order valence-corrected chi connectivity index (χ4v) is 3.84. The van der Waals surface area contributed by atoms with Gasteiger partial charge in [0.05, 0.1) is 18.6 Å². The molecule has 0 atom stereocenters. The first-order chi connectivity index (χ1) is 15.6. The quantitative estimate of drug-likeness (QED) is 0.307. The van der Waals surface area contributed by atoms with E-state index in [-0.39, 0.29) is 18.9 Å². The maximum atomic E-state index is 12.9. The molecule has 1 aliphatic rings. The van der Waals surface area contributed by atoms with Gasteiger partial charge in [0.15, 0.2) is 0 Å². The Balaban J connectivity index is 0.000000234. The van der Waals surface area contributed by atoms with Crippen LogP contribution in [0.5, 0.6) is 0 Å². The molecule has 0 unspecified atom stereocenters. The maximum Gasteiger partial charge on any atom is 0.416 e. The van der Waals surface area contributed by atoms with E-state index in [4.69, 9.17) is 15.6 Å². The van der Waals surface area contributed by atoms with Crippen LogP contribution >= 0.6 is 0 Å². The molecule has 0 amide bonds. The zero-order chi connectivity index (χ0) is 24.4. The molecule has 180 valence electrons. The summed E-state index contributed by atoms with van der Waals surface area (Å²) in [7, 11) is 0. The van der Waals surface area contributed by atoms with Crippen molar-refractivity contribution in [3.63, 3.8) is 0 Å². The summed E-state index contributed by atoms with van der Waals surface area (Å²) < 4.78 is 38.8. The van der Waals surface area contributed by atoms with Gasteiger partial charge >= 0.3 is 12.1 Å². The molecular weight excluding hydrogens is 433 g/mol. The first-order valence-corrected chi connectivity index (χ1v) is 11.0. The van der Waals surface area contributed by atoms with Gasteiger partial charge in [0, 0.05) is 18.8 Å². The van der Waals surface area contributed by atoms with Gasteiger partial charge in [0.2, 0.25) is 0 Å². The predicted octanol–water partition coefficient (Wildman–Crippen LogP) is 5.49. The van der Waals surface area contributed by atoms with E-state index in [0.717, 1.165) is 42.9 Å². The Hall–Kier alpha value is -2.71. The summed E-state index contributed by atoms with van der Waals surface area (Å²) in [5.41, 5.74) is 2.69. The number of benzene rings is 2. The Bertz CT molecular complexity index is 921. The molecule has 0 heterocycles. The highest BCUT2D eigenvalue weighted by molar-refractivity contribution is 5.96. The largest absolute Gasteiger partial charge is 0.481 e. The number of aliphatic hydroxyl groups is 1. The summed E-state index contributed by atoms with van der Waals surface area (Å²) in [4.78, 5) is 10.3. The molecule has 8 heteroatoms. The highest BCUT2D eigenvalue weighted by Crippen LogP contribution is 2.41. The number of carboxylic acids is 1. The van der Waals surface area contributed by atoms with E-state index in [1.807, 2.05) is 24.3 Å². The minimum atomic E-state index is -4.33. The van der Waals surface area contributed by atoms with Crippen molar-refractivity contribution in [1.29, 1.82) is 5.41 Å². The number of halogens is 3. The summed E-state index contributed by atoms with van der Waals surface area (Å²) >= 11 is 0. The number of rotatable bonds is 8. The molecule has 2 aromatic carbocycles. The van der Waals surface area contributed by atoms with Crippen molar-refractivity contribution in [2.24, 2.45) is 0 Å². The first kappa shape index (κ1) is 26.5. The summed E-state index contributed by atoms with van der Waals surface area (Å²) in [6, 6.07) is 11.9. The van der Waals surface area contributed by atoms with Crippen LogP contribution in [-0.4, -0.2) is 28.4 Å². The Labute approximate surface area is 192 Å². The van der Waals surface area contributed by atoms with Crippen molar-refractivity contribution < 1.29 is 28.2 Å². The molecule has 0 aliphatic heterocycles. The summed E-state index contributed by atoms with van der Waals surface area (Å²) in [6.07, 6.45) is -0.517. The molecule has 2 aromatic rings. The Morgan fingerprint density at radius 3 is 2.21 bits per heavy atom. The Kier molecular flexibility index (Phi) is 10.1. The molecule has 1 saturated carbocycles. The number of hydrogen-bond acceptors (Lipinski definition) is 4. The zero-order valence-electron chi connectivity index (χ0n) is 18.7. The lowest BCUT2D eigenvalue weighted by atomic mass is 9.91. The van der Waals surface area contributed by atoms with E-state index in [2.05, 4.69) is 5.32 Å². The highest BCUT2D eigenvalue weighted by Gasteiger charge is 2.36. The van der Waals surface area contributed by atoms with Crippen LogP contribution in [0.1, 0.15) is 72.8 Å². The number of alkyl halides is 3. The fraction of sp³-hybridized carbons (Fsp3) is 0.440. The van der Waals surface area contributed by atoms with Crippen molar-refractivity contribution in [1.82, 2.24) is 5.32 Å². The number of aliphatic hydroxyl groups excluding tert-OH is 1. The molecule has 1 aliphatic carbocycles. The normalized spacial score (nSPS) is 14.0. The predicted molar refractivity (Wildman–Crippen MR) is 121 cm³/mol. The molecular formula is C25H31F3N2O3. The highest BCUT2D eigenvalue weighted by atomic mass is 19.4. The van der Waals surface area contributed by atoms with Gasteiger partial charge in [-0.2, -0.15) is 13.2 Å². The van der Waals surface area contributed by atoms with Gasteiger partial charge in [-0.1, -0.05) is 49.2 Å². The molecule has 0 saturated heterocycles. The first-order valence-electron chi connectivity index (χ1n) is 11.0. The van der Waals surface area contributed by atoms with Crippen LogP contribution in [0.15, 0.2) is 42.5 Å². The van der Waals surface area contributed by atoms with Gasteiger partial charge in [-0.3, -0.25) is 4.79 Å². The van der Waals surface area contributed by atoms with Gasteiger partial charge in [-0.05, 0) is 54.0 Å². The zero-order valence-corrected chi connectivity index (χ0v) is 18.7. The molecule has 33 heavy (non-hydrogen) atoms. The number of aliphatic carboxylic acids is 1. The monoisotopic (exact) mass is 464 g/mol. The van der Waals surface area contributed by atoms with E-state index in [9.17, 15) is 18.0 Å². The van der Waals surface area contributed by atoms with Crippen LogP contribution in [0.4, 0.5) is 13.2 Å². The van der Waals surface area contributed by atoms with E-state index < -0.39 is 17.7 Å². The topological polar surface area (TPSA) is 93.4 Å². The van der Waals surface area contributed by atoms with Crippen LogP contribution in [0.2, 0.25) is 0 Å². The number of carboxylic acid groups (broad SMARTS) is 1. The molecule has 0 bridgehead atoms. The Morgan fingerprint density at radius 2 is 1.70 bits per heavy atom. The lowest BCUT2D eigenvalue weighted by molar-refractivity contribution is -0.138. The summed E-state index contributed by atoms with van der Waals surface area (Å²) in [5.74, 6) is -0.762. The molecule has 0 radical (unpaired) electrons. The molecule has 4 N–H and O–H groups in total. The maximum absolute atomic E-state index is 12.9. The van der Waals surface area contributed by atoms with Crippen LogP contribution in [0.3, 0.4) is 0 Å². The van der Waals surface area contributed by atoms with Gasteiger partial charge in [-0.25, -0.2) is 0 Å². The van der Waals surface area contributed by atoms with Crippen LogP contribution < -0.4 is 5.32 Å². The van der Waals surface area contributed by atoms with Gasteiger partial charge in [0.25, 0.3) is 0 Å². The lowest BCUT2D eigenvalue weighted by Crippen LogP contribution is -2.17. The summed E-state index contributed by atoms with van der Waals surface area (Å²) in [5, 5.41) is 27.8. The van der Waals surface area contributed by atoms with Crippen molar-refractivity contribution in [2.45, 2.75) is 64.3 Å². The lowest BCUT2D eigenvalue weighted by Gasteiger charge is -2.18. The number of nitrogens with one attached hydrogen (secondary N) is 2.